The number of ether oxygens (including phenoxy) is 3. The summed E-state index contributed by atoms with van der Waals surface area (Å²) in [5.74, 6) is 0.570. The lowest BCUT2D eigenvalue weighted by Crippen LogP contribution is -2.44. The van der Waals surface area contributed by atoms with Gasteiger partial charge in [-0.05, 0) is 36.6 Å². The Kier molecular flexibility index (Phi) is 6.07. The van der Waals surface area contributed by atoms with Crippen LogP contribution in [0.25, 0.3) is 33.1 Å². The standard InChI is InChI=1S/C25H29N5O4/c1-28-21-15-26-20-7-5-16(17-6-8-22(32-2)27-14-17)13-19(20)23(21)30(24(28)31)18-9-11-29(12-10-18)25(33-3)34-4/h5-8,13-15,18,25H,9-12H2,1-4H3. The van der Waals surface area contributed by atoms with Gasteiger partial charge in [0.15, 0.2) is 0 Å². The Bertz CT molecular complexity index is 1370. The Morgan fingerprint density at radius 3 is 2.35 bits per heavy atom. The highest BCUT2D eigenvalue weighted by Gasteiger charge is 2.29. The van der Waals surface area contributed by atoms with Crippen molar-refractivity contribution in [3.05, 3.63) is 53.2 Å². The lowest BCUT2D eigenvalue weighted by molar-refractivity contribution is -0.201. The number of methoxy groups -OCH3 is 3. The van der Waals surface area contributed by atoms with Crippen LogP contribution < -0.4 is 10.4 Å². The molecule has 1 aromatic carbocycles. The summed E-state index contributed by atoms with van der Waals surface area (Å²) < 4.78 is 19.7. The third-order valence-electron chi connectivity index (χ3n) is 6.76. The van der Waals surface area contributed by atoms with Crippen LogP contribution in [0, 0.1) is 0 Å². The fourth-order valence-electron chi connectivity index (χ4n) is 4.97. The fourth-order valence-corrected chi connectivity index (χ4v) is 4.97. The van der Waals surface area contributed by atoms with Crippen LogP contribution >= 0.6 is 0 Å². The Hall–Kier alpha value is -3.27. The zero-order valence-corrected chi connectivity index (χ0v) is 19.9. The van der Waals surface area contributed by atoms with Crippen LogP contribution in [-0.2, 0) is 16.5 Å². The summed E-state index contributed by atoms with van der Waals surface area (Å²) in [6.45, 7) is 1.57. The van der Waals surface area contributed by atoms with Crippen LogP contribution in [0.2, 0.25) is 0 Å². The van der Waals surface area contributed by atoms with E-state index in [0.29, 0.717) is 5.88 Å². The summed E-state index contributed by atoms with van der Waals surface area (Å²) in [7, 11) is 6.70. The Morgan fingerprint density at radius 2 is 1.71 bits per heavy atom. The minimum atomic E-state index is -0.365. The zero-order valence-electron chi connectivity index (χ0n) is 19.9. The van der Waals surface area contributed by atoms with Crippen LogP contribution in [0.1, 0.15) is 18.9 Å². The number of hydrogen-bond donors (Lipinski definition) is 0. The predicted molar refractivity (Wildman–Crippen MR) is 130 cm³/mol. The molecule has 178 valence electrons. The van der Waals surface area contributed by atoms with E-state index in [4.69, 9.17) is 14.2 Å². The van der Waals surface area contributed by atoms with Gasteiger partial charge in [0.25, 0.3) is 0 Å². The van der Waals surface area contributed by atoms with Crippen molar-refractivity contribution in [2.75, 3.05) is 34.4 Å². The molecule has 0 N–H and O–H groups in total. The number of rotatable bonds is 6. The molecule has 4 aromatic rings. The summed E-state index contributed by atoms with van der Waals surface area (Å²) in [5, 5.41) is 0.956. The highest BCUT2D eigenvalue weighted by atomic mass is 16.7. The minimum absolute atomic E-state index is 0.0192. The summed E-state index contributed by atoms with van der Waals surface area (Å²) >= 11 is 0. The van der Waals surface area contributed by atoms with Gasteiger partial charge in [-0.3, -0.25) is 19.0 Å². The highest BCUT2D eigenvalue weighted by Crippen LogP contribution is 2.32. The summed E-state index contributed by atoms with van der Waals surface area (Å²) in [6.07, 6.45) is 4.88. The molecule has 0 aliphatic carbocycles. The van der Waals surface area contributed by atoms with E-state index < -0.39 is 0 Å². The molecule has 1 aliphatic rings. The van der Waals surface area contributed by atoms with Gasteiger partial charge in [0.2, 0.25) is 12.3 Å². The number of nitrogens with zero attached hydrogens (tertiary/aromatic N) is 5. The number of aryl methyl sites for hydroxylation is 1. The van der Waals surface area contributed by atoms with Crippen LogP contribution in [-0.4, -0.2) is 64.8 Å². The maximum atomic E-state index is 13.4. The molecule has 0 unspecified atom stereocenters. The quantitative estimate of drug-likeness (QED) is 0.406. The molecular formula is C25H29N5O4. The smallest absolute Gasteiger partial charge is 0.329 e. The topological polar surface area (TPSA) is 83.6 Å². The number of piperidine rings is 1. The van der Waals surface area contributed by atoms with Crippen LogP contribution in [0.5, 0.6) is 5.88 Å². The van der Waals surface area contributed by atoms with Gasteiger partial charge in [-0.1, -0.05) is 6.07 Å². The van der Waals surface area contributed by atoms with E-state index in [-0.39, 0.29) is 18.1 Å². The average Bonchev–Trinajstić information content (AvgIpc) is 3.15. The maximum absolute atomic E-state index is 13.4. The Morgan fingerprint density at radius 1 is 0.971 bits per heavy atom. The van der Waals surface area contributed by atoms with Crippen molar-refractivity contribution in [1.82, 2.24) is 24.0 Å². The van der Waals surface area contributed by atoms with E-state index in [2.05, 4.69) is 20.9 Å². The van der Waals surface area contributed by atoms with Gasteiger partial charge in [-0.15, -0.1) is 0 Å². The predicted octanol–water partition coefficient (Wildman–Crippen LogP) is 3.17. The van der Waals surface area contributed by atoms with Crippen molar-refractivity contribution in [3.8, 4) is 17.0 Å². The first-order valence-corrected chi connectivity index (χ1v) is 11.4. The van der Waals surface area contributed by atoms with Crippen LogP contribution in [0.15, 0.2) is 47.5 Å². The van der Waals surface area contributed by atoms with Gasteiger partial charge in [-0.2, -0.15) is 0 Å². The van der Waals surface area contributed by atoms with Crippen molar-refractivity contribution < 1.29 is 14.2 Å². The SMILES string of the molecule is COc1ccc(-c2ccc3ncc4c(c3c2)n(C2CCN(C(OC)OC)CC2)c(=O)n4C)cn1. The van der Waals surface area contributed by atoms with Crippen LogP contribution in [0.3, 0.4) is 0 Å². The van der Waals surface area contributed by atoms with Gasteiger partial charge in [0.1, 0.15) is 0 Å². The second-order valence-corrected chi connectivity index (χ2v) is 8.57. The Balaban J connectivity index is 1.60. The minimum Gasteiger partial charge on any atom is -0.481 e. The third kappa shape index (κ3) is 3.75. The number of aromatic nitrogens is 4. The van der Waals surface area contributed by atoms with E-state index in [1.54, 1.807) is 38.3 Å². The lowest BCUT2D eigenvalue weighted by Gasteiger charge is -2.36. The molecule has 0 atom stereocenters. The first kappa shape index (κ1) is 22.5. The van der Waals surface area contributed by atoms with Crippen LogP contribution in [0.4, 0.5) is 0 Å². The van der Waals surface area contributed by atoms with Gasteiger partial charge in [-0.25, -0.2) is 9.78 Å². The van der Waals surface area contributed by atoms with Gasteiger partial charge in [0, 0.05) is 63.6 Å². The molecule has 5 rings (SSSR count). The van der Waals surface area contributed by atoms with Crippen molar-refractivity contribution in [2.24, 2.45) is 7.05 Å². The molecule has 0 saturated carbocycles. The Labute approximate surface area is 197 Å². The number of likely N-dealkylation sites (tertiary alicyclic amines) is 1. The first-order chi connectivity index (χ1) is 16.5. The zero-order chi connectivity index (χ0) is 23.8. The number of pyridine rings is 2. The molecule has 1 saturated heterocycles. The molecule has 0 bridgehead atoms. The molecular weight excluding hydrogens is 434 g/mol. The van der Waals surface area contributed by atoms with E-state index in [0.717, 1.165) is 59.0 Å². The number of hydrogen-bond acceptors (Lipinski definition) is 7. The molecule has 9 heteroatoms. The monoisotopic (exact) mass is 463 g/mol. The molecule has 0 spiro atoms. The van der Waals surface area contributed by atoms with Crippen molar-refractivity contribution in [2.45, 2.75) is 25.3 Å². The van der Waals surface area contributed by atoms with E-state index in [1.807, 2.05) is 35.9 Å². The summed E-state index contributed by atoms with van der Waals surface area (Å²) in [5.41, 5.74) is 4.58. The second kappa shape index (κ2) is 9.17. The molecule has 9 nitrogen and oxygen atoms in total. The first-order valence-electron chi connectivity index (χ1n) is 11.4. The normalized spacial score (nSPS) is 15.6. The maximum Gasteiger partial charge on any atom is 0.329 e. The molecule has 1 aliphatic heterocycles. The molecule has 0 amide bonds. The fraction of sp³-hybridized carbons (Fsp3) is 0.400. The molecule has 1 fully saturated rings. The molecule has 3 aromatic heterocycles. The van der Waals surface area contributed by atoms with Gasteiger partial charge < -0.3 is 14.2 Å². The van der Waals surface area contributed by atoms with E-state index >= 15 is 0 Å². The molecule has 4 heterocycles. The van der Waals surface area contributed by atoms with Crippen molar-refractivity contribution in [3.63, 3.8) is 0 Å². The number of fused-ring (bicyclic) bond motifs is 3. The number of imidazole rings is 1. The average molecular weight is 464 g/mol. The largest absolute Gasteiger partial charge is 0.481 e. The summed E-state index contributed by atoms with van der Waals surface area (Å²) in [6, 6.07) is 10.0. The highest BCUT2D eigenvalue weighted by molar-refractivity contribution is 6.04. The molecule has 34 heavy (non-hydrogen) atoms. The van der Waals surface area contributed by atoms with Crippen molar-refractivity contribution >= 4 is 21.9 Å². The molecule has 0 radical (unpaired) electrons. The van der Waals surface area contributed by atoms with Gasteiger partial charge >= 0.3 is 5.69 Å². The number of benzene rings is 1. The third-order valence-corrected chi connectivity index (χ3v) is 6.76. The van der Waals surface area contributed by atoms with E-state index in [9.17, 15) is 4.79 Å². The second-order valence-electron chi connectivity index (χ2n) is 8.57. The van der Waals surface area contributed by atoms with Crippen molar-refractivity contribution in [1.29, 1.82) is 0 Å². The van der Waals surface area contributed by atoms with Gasteiger partial charge in [0.05, 0.1) is 29.9 Å². The summed E-state index contributed by atoms with van der Waals surface area (Å²) in [4.78, 5) is 24.5. The lowest BCUT2D eigenvalue weighted by atomic mass is 10.0. The van der Waals surface area contributed by atoms with E-state index in [1.165, 1.54) is 0 Å².